The van der Waals surface area contributed by atoms with E-state index in [1.807, 2.05) is 6.20 Å². The van der Waals surface area contributed by atoms with Gasteiger partial charge in [-0.1, -0.05) is 36.6 Å². The Hall–Kier alpha value is -1.55. The lowest BCUT2D eigenvalue weighted by Gasteiger charge is -2.05. The zero-order valence-corrected chi connectivity index (χ0v) is 10.7. The van der Waals surface area contributed by atoms with Gasteiger partial charge < -0.3 is 10.3 Å². The molecule has 1 atom stereocenters. The first kappa shape index (κ1) is 11.5. The summed E-state index contributed by atoms with van der Waals surface area (Å²) in [5, 5.41) is 3.46. The maximum atomic E-state index is 4.70. The van der Waals surface area contributed by atoms with Crippen LogP contribution in [0, 0.1) is 0 Å². The molecule has 1 fully saturated rings. The topological polar surface area (TPSA) is 40.7 Å². The number of hydrogen-bond donors (Lipinski definition) is 2. The van der Waals surface area contributed by atoms with Crippen molar-refractivity contribution in [1.82, 2.24) is 15.3 Å². The summed E-state index contributed by atoms with van der Waals surface area (Å²) in [5.41, 5.74) is 3.60. The van der Waals surface area contributed by atoms with Crippen molar-refractivity contribution in [2.45, 2.75) is 25.7 Å². The van der Waals surface area contributed by atoms with Crippen LogP contribution in [-0.4, -0.2) is 23.8 Å². The molecule has 92 valence electrons. The molecule has 0 spiro atoms. The smallest absolute Gasteiger partial charge is 0.154 e. The predicted molar refractivity (Wildman–Crippen MR) is 76.6 cm³/mol. The molecule has 1 unspecified atom stereocenters. The van der Waals surface area contributed by atoms with Crippen LogP contribution in [0.15, 0.2) is 30.5 Å². The minimum absolute atomic E-state index is 0.411. The maximum absolute atomic E-state index is 4.70. The molecule has 1 saturated heterocycles. The fraction of sp³-hybridized carbons (Fsp3) is 0.357. The number of imidazole rings is 1. The van der Waals surface area contributed by atoms with Crippen LogP contribution in [0.25, 0.3) is 11.3 Å². The summed E-state index contributed by atoms with van der Waals surface area (Å²) in [6, 6.07) is 9.07. The molecule has 18 heavy (non-hydrogen) atoms. The van der Waals surface area contributed by atoms with E-state index in [1.54, 1.807) is 0 Å². The first-order chi connectivity index (χ1) is 8.86. The van der Waals surface area contributed by atoms with E-state index in [0.29, 0.717) is 6.04 Å². The van der Waals surface area contributed by atoms with Crippen molar-refractivity contribution in [3.8, 4) is 11.3 Å². The maximum Gasteiger partial charge on any atom is 0.154 e. The van der Waals surface area contributed by atoms with Gasteiger partial charge in [0.15, 0.2) is 7.28 Å². The fourth-order valence-electron chi connectivity index (χ4n) is 2.49. The minimum atomic E-state index is 0.411. The molecule has 0 bridgehead atoms. The van der Waals surface area contributed by atoms with Gasteiger partial charge in [-0.3, -0.25) is 0 Å². The molecule has 1 aliphatic rings. The molecule has 0 aliphatic carbocycles. The molecule has 0 saturated carbocycles. The van der Waals surface area contributed by atoms with Crippen molar-refractivity contribution in [3.63, 3.8) is 0 Å². The van der Waals surface area contributed by atoms with Gasteiger partial charge in [0.25, 0.3) is 0 Å². The molecule has 3 nitrogen and oxygen atoms in total. The average Bonchev–Trinajstić information content (AvgIpc) is 3.09. The van der Waals surface area contributed by atoms with Crippen LogP contribution in [0.5, 0.6) is 0 Å². The Labute approximate surface area is 108 Å². The number of aromatic amines is 1. The van der Waals surface area contributed by atoms with Crippen LogP contribution in [0.1, 0.15) is 24.7 Å². The fourth-order valence-corrected chi connectivity index (χ4v) is 2.49. The van der Waals surface area contributed by atoms with Crippen LogP contribution in [0.4, 0.5) is 0 Å². The normalized spacial score (nSPS) is 19.1. The Kier molecular flexibility index (Phi) is 3.20. The number of benzene rings is 1. The van der Waals surface area contributed by atoms with E-state index in [4.69, 9.17) is 4.98 Å². The first-order valence-electron chi connectivity index (χ1n) is 6.75. The molecule has 0 radical (unpaired) electrons. The second-order valence-corrected chi connectivity index (χ2v) is 4.87. The van der Waals surface area contributed by atoms with E-state index in [1.165, 1.54) is 23.9 Å². The van der Waals surface area contributed by atoms with Crippen LogP contribution in [0.2, 0.25) is 6.82 Å². The van der Waals surface area contributed by atoms with Crippen molar-refractivity contribution >= 4 is 12.7 Å². The Balaban J connectivity index is 1.82. The number of aromatic nitrogens is 2. The predicted octanol–water partition coefficient (Wildman–Crippen LogP) is 1.61. The first-order valence-corrected chi connectivity index (χ1v) is 6.75. The number of nitrogens with zero attached hydrogens (tertiary/aromatic N) is 1. The van der Waals surface area contributed by atoms with Crippen molar-refractivity contribution in [2.24, 2.45) is 0 Å². The Morgan fingerprint density at radius 3 is 2.78 bits per heavy atom. The van der Waals surface area contributed by atoms with Crippen LogP contribution in [0.3, 0.4) is 0 Å². The van der Waals surface area contributed by atoms with E-state index >= 15 is 0 Å². The molecule has 4 heteroatoms. The Bertz CT molecular complexity index is 512. The third kappa shape index (κ3) is 2.20. The van der Waals surface area contributed by atoms with E-state index in [-0.39, 0.29) is 0 Å². The molecule has 1 aromatic heterocycles. The van der Waals surface area contributed by atoms with Gasteiger partial charge in [0, 0.05) is 11.8 Å². The molecule has 2 heterocycles. The summed E-state index contributed by atoms with van der Waals surface area (Å²) in [6.07, 6.45) is 4.43. The van der Waals surface area contributed by atoms with Gasteiger partial charge in [-0.05, 0) is 19.4 Å². The summed E-state index contributed by atoms with van der Waals surface area (Å²) < 4.78 is 0. The van der Waals surface area contributed by atoms with Gasteiger partial charge in [-0.25, -0.2) is 4.98 Å². The third-order valence-corrected chi connectivity index (χ3v) is 3.65. The van der Waals surface area contributed by atoms with Gasteiger partial charge in [-0.15, -0.1) is 0 Å². The second kappa shape index (κ2) is 4.98. The lowest BCUT2D eigenvalue weighted by molar-refractivity contribution is 0.613. The molecule has 3 rings (SSSR count). The highest BCUT2D eigenvalue weighted by Gasteiger charge is 2.19. The van der Waals surface area contributed by atoms with Crippen molar-refractivity contribution in [1.29, 1.82) is 0 Å². The van der Waals surface area contributed by atoms with E-state index in [9.17, 15) is 0 Å². The van der Waals surface area contributed by atoms with E-state index in [2.05, 4.69) is 41.4 Å². The highest BCUT2D eigenvalue weighted by atomic mass is 15.0. The summed E-state index contributed by atoms with van der Waals surface area (Å²) in [4.78, 5) is 8.00. The van der Waals surface area contributed by atoms with Crippen molar-refractivity contribution in [2.75, 3.05) is 6.54 Å². The van der Waals surface area contributed by atoms with Crippen LogP contribution < -0.4 is 10.8 Å². The number of rotatable bonds is 3. The molecule has 2 N–H and O–H groups in total. The quantitative estimate of drug-likeness (QED) is 0.799. The number of nitrogens with one attached hydrogen (secondary N) is 2. The monoisotopic (exact) mass is 239 g/mol. The van der Waals surface area contributed by atoms with Crippen LogP contribution in [-0.2, 0) is 0 Å². The summed E-state index contributed by atoms with van der Waals surface area (Å²) in [5.74, 6) is 1.07. The lowest BCUT2D eigenvalue weighted by atomic mass is 9.73. The Morgan fingerprint density at radius 1 is 1.28 bits per heavy atom. The van der Waals surface area contributed by atoms with E-state index in [0.717, 1.165) is 25.3 Å². The zero-order valence-electron chi connectivity index (χ0n) is 10.7. The van der Waals surface area contributed by atoms with Crippen molar-refractivity contribution < 1.29 is 0 Å². The lowest BCUT2D eigenvalue weighted by Crippen LogP contribution is -2.14. The van der Waals surface area contributed by atoms with Gasteiger partial charge in [0.05, 0.1) is 11.7 Å². The standard InChI is InChI=1S/C14H18BN3/c1-15-11-6-4-10(5-7-11)13-9-17-14(18-13)12-3-2-8-16-12/h4-7,9,12,15-16H,2-3,8H2,1H3,(H,17,18). The minimum Gasteiger partial charge on any atom is -0.347 e. The number of H-pyrrole nitrogens is 1. The average molecular weight is 239 g/mol. The summed E-state index contributed by atoms with van der Waals surface area (Å²) >= 11 is 0. The Morgan fingerprint density at radius 2 is 2.11 bits per heavy atom. The third-order valence-electron chi connectivity index (χ3n) is 3.65. The van der Waals surface area contributed by atoms with Crippen molar-refractivity contribution in [3.05, 3.63) is 36.3 Å². The molecule has 2 aromatic rings. The zero-order chi connectivity index (χ0) is 12.4. The van der Waals surface area contributed by atoms with Gasteiger partial charge in [-0.2, -0.15) is 0 Å². The molecule has 0 amide bonds. The molecule has 1 aliphatic heterocycles. The largest absolute Gasteiger partial charge is 0.347 e. The second-order valence-electron chi connectivity index (χ2n) is 4.87. The highest BCUT2D eigenvalue weighted by molar-refractivity contribution is 6.51. The highest BCUT2D eigenvalue weighted by Crippen LogP contribution is 2.23. The molecule has 1 aromatic carbocycles. The van der Waals surface area contributed by atoms with Crippen LogP contribution >= 0.6 is 0 Å². The van der Waals surface area contributed by atoms with E-state index < -0.39 is 0 Å². The molecular weight excluding hydrogens is 221 g/mol. The van der Waals surface area contributed by atoms with Gasteiger partial charge in [0.1, 0.15) is 5.82 Å². The molecular formula is C14H18BN3. The van der Waals surface area contributed by atoms with Gasteiger partial charge >= 0.3 is 0 Å². The van der Waals surface area contributed by atoms with Gasteiger partial charge in [0.2, 0.25) is 0 Å². The summed E-state index contributed by atoms with van der Waals surface area (Å²) in [7, 11) is 1.08. The SMILES string of the molecule is CBc1ccc(-c2c[nH]c(C3CCCN3)n2)cc1. The number of hydrogen-bond acceptors (Lipinski definition) is 2. The summed E-state index contributed by atoms with van der Waals surface area (Å²) in [6.45, 7) is 3.28.